The molecule has 0 saturated heterocycles. The third-order valence-corrected chi connectivity index (χ3v) is 3.56. The lowest BCUT2D eigenvalue weighted by atomic mass is 10.1. The van der Waals surface area contributed by atoms with Crippen molar-refractivity contribution in [3.8, 4) is 0 Å². The van der Waals surface area contributed by atoms with Gasteiger partial charge in [0.25, 0.3) is 0 Å². The minimum absolute atomic E-state index is 0.940. The monoisotopic (exact) mass is 249 g/mol. The second kappa shape index (κ2) is 4.58. The van der Waals surface area contributed by atoms with E-state index >= 15 is 0 Å². The molecule has 0 aliphatic heterocycles. The Balaban J connectivity index is 2.01. The number of hydrogen-bond donors (Lipinski definition) is 0. The molecule has 3 aromatic rings. The minimum atomic E-state index is 0.940. The van der Waals surface area contributed by atoms with Crippen molar-refractivity contribution in [2.45, 2.75) is 27.3 Å². The van der Waals surface area contributed by atoms with Gasteiger partial charge in [-0.2, -0.15) is 0 Å². The predicted molar refractivity (Wildman–Crippen MR) is 81.7 cm³/mol. The molecule has 0 N–H and O–H groups in total. The van der Waals surface area contributed by atoms with Crippen molar-refractivity contribution in [1.82, 2.24) is 4.57 Å². The highest BCUT2D eigenvalue weighted by molar-refractivity contribution is 5.80. The van der Waals surface area contributed by atoms with E-state index in [0.29, 0.717) is 0 Å². The highest BCUT2D eigenvalue weighted by atomic mass is 14.9. The number of fused-ring (bicyclic) bond motifs is 1. The van der Waals surface area contributed by atoms with Crippen LogP contribution in [0.15, 0.2) is 48.7 Å². The second-order valence-electron chi connectivity index (χ2n) is 5.50. The van der Waals surface area contributed by atoms with Crippen LogP contribution in [0.2, 0.25) is 0 Å². The third-order valence-electron chi connectivity index (χ3n) is 3.56. The van der Waals surface area contributed by atoms with Gasteiger partial charge in [0.15, 0.2) is 0 Å². The van der Waals surface area contributed by atoms with Gasteiger partial charge < -0.3 is 4.57 Å². The van der Waals surface area contributed by atoms with Gasteiger partial charge in [0, 0.05) is 18.3 Å². The molecule has 1 nitrogen and oxygen atoms in total. The van der Waals surface area contributed by atoms with Crippen LogP contribution in [0.3, 0.4) is 0 Å². The van der Waals surface area contributed by atoms with E-state index in [1.807, 2.05) is 0 Å². The number of aryl methyl sites for hydroxylation is 3. The van der Waals surface area contributed by atoms with Crippen molar-refractivity contribution in [1.29, 1.82) is 0 Å². The van der Waals surface area contributed by atoms with Gasteiger partial charge >= 0.3 is 0 Å². The fourth-order valence-corrected chi connectivity index (χ4v) is 2.81. The van der Waals surface area contributed by atoms with Crippen molar-refractivity contribution in [2.24, 2.45) is 0 Å². The second-order valence-corrected chi connectivity index (χ2v) is 5.50. The molecule has 0 saturated carbocycles. The van der Waals surface area contributed by atoms with E-state index < -0.39 is 0 Å². The molecular formula is C18H19N. The summed E-state index contributed by atoms with van der Waals surface area (Å²) in [5.74, 6) is 0. The maximum Gasteiger partial charge on any atom is 0.0483 e. The van der Waals surface area contributed by atoms with Gasteiger partial charge in [-0.05, 0) is 49.9 Å². The van der Waals surface area contributed by atoms with Crippen LogP contribution in [0.25, 0.3) is 10.9 Å². The van der Waals surface area contributed by atoms with Gasteiger partial charge in [-0.3, -0.25) is 0 Å². The third kappa shape index (κ3) is 2.41. The van der Waals surface area contributed by atoms with Gasteiger partial charge in [-0.25, -0.2) is 0 Å². The maximum atomic E-state index is 2.32. The Kier molecular flexibility index (Phi) is 2.90. The number of benzene rings is 2. The lowest BCUT2D eigenvalue weighted by Gasteiger charge is -2.08. The fraction of sp³-hybridized carbons (Fsp3) is 0.222. The largest absolute Gasteiger partial charge is 0.343 e. The molecule has 0 fully saturated rings. The van der Waals surface area contributed by atoms with E-state index in [2.05, 4.69) is 74.0 Å². The molecule has 0 bridgehead atoms. The quantitative estimate of drug-likeness (QED) is 0.625. The van der Waals surface area contributed by atoms with E-state index in [1.165, 1.54) is 33.2 Å². The summed E-state index contributed by atoms with van der Waals surface area (Å²) >= 11 is 0. The highest BCUT2D eigenvalue weighted by Gasteiger charge is 2.03. The summed E-state index contributed by atoms with van der Waals surface area (Å²) in [4.78, 5) is 0. The van der Waals surface area contributed by atoms with Crippen LogP contribution in [-0.2, 0) is 6.54 Å². The van der Waals surface area contributed by atoms with Crippen LogP contribution in [0.4, 0.5) is 0 Å². The van der Waals surface area contributed by atoms with Crippen LogP contribution in [-0.4, -0.2) is 4.57 Å². The van der Waals surface area contributed by atoms with Gasteiger partial charge in [0.2, 0.25) is 0 Å². The Hall–Kier alpha value is -2.02. The van der Waals surface area contributed by atoms with Crippen molar-refractivity contribution in [3.63, 3.8) is 0 Å². The molecule has 19 heavy (non-hydrogen) atoms. The van der Waals surface area contributed by atoms with Crippen LogP contribution < -0.4 is 0 Å². The topological polar surface area (TPSA) is 4.93 Å². The lowest BCUT2D eigenvalue weighted by molar-refractivity contribution is 0.834. The zero-order valence-corrected chi connectivity index (χ0v) is 11.8. The van der Waals surface area contributed by atoms with E-state index in [1.54, 1.807) is 0 Å². The molecule has 1 heteroatoms. The predicted octanol–water partition coefficient (Wildman–Crippen LogP) is 4.61. The summed E-state index contributed by atoms with van der Waals surface area (Å²) in [5.41, 5.74) is 6.67. The molecule has 2 aromatic carbocycles. The number of aromatic nitrogens is 1. The van der Waals surface area contributed by atoms with Crippen LogP contribution in [0, 0.1) is 20.8 Å². The van der Waals surface area contributed by atoms with Crippen molar-refractivity contribution >= 4 is 10.9 Å². The highest BCUT2D eigenvalue weighted by Crippen LogP contribution is 2.19. The SMILES string of the molecule is Cc1cc(C)cc(Cn2ccc3cc(C)ccc32)c1. The van der Waals surface area contributed by atoms with Gasteiger partial charge in [-0.15, -0.1) is 0 Å². The van der Waals surface area contributed by atoms with Gasteiger partial charge in [0.1, 0.15) is 0 Å². The van der Waals surface area contributed by atoms with E-state index in [-0.39, 0.29) is 0 Å². The number of rotatable bonds is 2. The van der Waals surface area contributed by atoms with Crippen molar-refractivity contribution < 1.29 is 0 Å². The molecule has 0 amide bonds. The van der Waals surface area contributed by atoms with Crippen molar-refractivity contribution in [2.75, 3.05) is 0 Å². The summed E-state index contributed by atoms with van der Waals surface area (Å²) in [6, 6.07) is 15.6. The standard InChI is InChI=1S/C18H19N/c1-13-4-5-18-17(11-13)6-7-19(18)12-16-9-14(2)8-15(3)10-16/h4-11H,12H2,1-3H3. The summed E-state index contributed by atoms with van der Waals surface area (Å²) < 4.78 is 2.32. The molecule has 0 spiro atoms. The molecule has 0 unspecified atom stereocenters. The fourth-order valence-electron chi connectivity index (χ4n) is 2.81. The zero-order valence-electron chi connectivity index (χ0n) is 11.8. The van der Waals surface area contributed by atoms with E-state index in [9.17, 15) is 0 Å². The Morgan fingerprint density at radius 1 is 0.789 bits per heavy atom. The zero-order chi connectivity index (χ0) is 13.4. The Morgan fingerprint density at radius 3 is 2.26 bits per heavy atom. The average Bonchev–Trinajstić information content (AvgIpc) is 2.70. The summed E-state index contributed by atoms with van der Waals surface area (Å²) in [7, 11) is 0. The summed E-state index contributed by atoms with van der Waals surface area (Å²) in [6.45, 7) is 7.40. The van der Waals surface area contributed by atoms with Crippen molar-refractivity contribution in [3.05, 3.63) is 70.9 Å². The molecule has 96 valence electrons. The molecule has 0 radical (unpaired) electrons. The van der Waals surface area contributed by atoms with Gasteiger partial charge in [-0.1, -0.05) is 41.0 Å². The first kappa shape index (κ1) is 12.0. The Labute approximate surface area is 114 Å². The molecule has 1 aromatic heterocycles. The summed E-state index contributed by atoms with van der Waals surface area (Å²) in [5, 5.41) is 1.32. The van der Waals surface area contributed by atoms with E-state index in [0.717, 1.165) is 6.54 Å². The Bertz CT molecular complexity index is 714. The molecule has 1 heterocycles. The normalized spacial score (nSPS) is 11.1. The maximum absolute atomic E-state index is 2.32. The smallest absolute Gasteiger partial charge is 0.0483 e. The van der Waals surface area contributed by atoms with Crippen LogP contribution in [0.1, 0.15) is 22.3 Å². The molecular weight excluding hydrogens is 230 g/mol. The number of nitrogens with zero attached hydrogens (tertiary/aromatic N) is 1. The molecule has 0 aliphatic rings. The minimum Gasteiger partial charge on any atom is -0.343 e. The first-order valence-electron chi connectivity index (χ1n) is 6.74. The van der Waals surface area contributed by atoms with Crippen LogP contribution in [0.5, 0.6) is 0 Å². The number of hydrogen-bond acceptors (Lipinski definition) is 0. The molecule has 0 atom stereocenters. The molecule has 3 rings (SSSR count). The average molecular weight is 249 g/mol. The first-order valence-corrected chi connectivity index (χ1v) is 6.74. The Morgan fingerprint density at radius 2 is 1.53 bits per heavy atom. The van der Waals surface area contributed by atoms with E-state index in [4.69, 9.17) is 0 Å². The van der Waals surface area contributed by atoms with Gasteiger partial charge in [0.05, 0.1) is 0 Å². The van der Waals surface area contributed by atoms with Crippen LogP contribution >= 0.6 is 0 Å². The first-order chi connectivity index (χ1) is 9.11. The summed E-state index contributed by atoms with van der Waals surface area (Å²) in [6.07, 6.45) is 2.18. The molecule has 0 aliphatic carbocycles. The lowest BCUT2D eigenvalue weighted by Crippen LogP contribution is -1.98.